The molecule has 0 fully saturated rings. The molecule has 1 aromatic carbocycles. The lowest BCUT2D eigenvalue weighted by molar-refractivity contribution is -0.153. The van der Waals surface area contributed by atoms with Crippen LogP contribution in [0.4, 0.5) is 18.3 Å². The highest BCUT2D eigenvalue weighted by atomic mass is 32.1. The van der Waals surface area contributed by atoms with Crippen molar-refractivity contribution in [2.75, 3.05) is 11.9 Å². The first-order chi connectivity index (χ1) is 14.7. The first-order valence-corrected chi connectivity index (χ1v) is 10.3. The van der Waals surface area contributed by atoms with Gasteiger partial charge < -0.3 is 14.6 Å². The van der Waals surface area contributed by atoms with Crippen LogP contribution in [0.25, 0.3) is 10.4 Å². The maximum Gasteiger partial charge on any atom is 0.422 e. The average Bonchev–Trinajstić information content (AvgIpc) is 3.34. The van der Waals surface area contributed by atoms with Gasteiger partial charge in [-0.3, -0.25) is 9.59 Å². The van der Waals surface area contributed by atoms with E-state index in [1.165, 1.54) is 23.5 Å². The number of amides is 1. The second-order valence-corrected chi connectivity index (χ2v) is 8.13. The van der Waals surface area contributed by atoms with Crippen molar-refractivity contribution in [2.24, 2.45) is 0 Å². The van der Waals surface area contributed by atoms with Gasteiger partial charge in [-0.2, -0.15) is 13.2 Å². The first-order valence-electron chi connectivity index (χ1n) is 9.49. The van der Waals surface area contributed by atoms with Crippen LogP contribution in [0.3, 0.4) is 0 Å². The summed E-state index contributed by atoms with van der Waals surface area (Å²) < 4.78 is 43.2. The summed E-state index contributed by atoms with van der Waals surface area (Å²) in [7, 11) is 0. The number of hydrogen-bond acceptors (Lipinski definition) is 5. The zero-order valence-electron chi connectivity index (χ0n) is 16.4. The van der Waals surface area contributed by atoms with E-state index in [0.717, 1.165) is 10.4 Å². The predicted octanol–water partition coefficient (Wildman–Crippen LogP) is 5.02. The number of rotatable bonds is 5. The Bertz CT molecular complexity index is 1120. The van der Waals surface area contributed by atoms with Crippen LogP contribution in [0, 0.1) is 6.92 Å². The van der Waals surface area contributed by atoms with E-state index in [1.807, 2.05) is 0 Å². The maximum absolute atomic E-state index is 12.8. The van der Waals surface area contributed by atoms with Crippen LogP contribution in [-0.2, 0) is 4.79 Å². The van der Waals surface area contributed by atoms with Crippen LogP contribution < -0.4 is 10.1 Å². The van der Waals surface area contributed by atoms with Gasteiger partial charge in [0.2, 0.25) is 5.91 Å². The minimum Gasteiger partial charge on any atom is -0.484 e. The zero-order valence-corrected chi connectivity index (χ0v) is 17.2. The Balaban J connectivity index is 1.47. The van der Waals surface area contributed by atoms with E-state index in [0.29, 0.717) is 29.4 Å². The molecule has 3 aromatic rings. The molecule has 0 spiro atoms. The van der Waals surface area contributed by atoms with E-state index < -0.39 is 18.8 Å². The molecule has 0 saturated heterocycles. The van der Waals surface area contributed by atoms with Crippen molar-refractivity contribution in [2.45, 2.75) is 32.0 Å². The summed E-state index contributed by atoms with van der Waals surface area (Å²) in [5.74, 6) is -0.114. The van der Waals surface area contributed by atoms with Gasteiger partial charge in [-0.1, -0.05) is 11.3 Å². The van der Waals surface area contributed by atoms with Crippen LogP contribution in [0.1, 0.15) is 35.1 Å². The Hall–Kier alpha value is -3.14. The fourth-order valence-electron chi connectivity index (χ4n) is 3.47. The third kappa shape index (κ3) is 4.63. The Morgan fingerprint density at radius 3 is 2.74 bits per heavy atom. The number of ketones is 1. The first kappa shape index (κ1) is 21.1. The highest BCUT2D eigenvalue weighted by Crippen LogP contribution is 2.35. The summed E-state index contributed by atoms with van der Waals surface area (Å²) in [5.41, 5.74) is 1.96. The fourth-order valence-corrected chi connectivity index (χ4v) is 4.44. The molecule has 4 rings (SSSR count). The number of aromatic nitrogens is 2. The van der Waals surface area contributed by atoms with Crippen molar-refractivity contribution in [3.05, 3.63) is 54.0 Å². The van der Waals surface area contributed by atoms with Gasteiger partial charge >= 0.3 is 6.18 Å². The fraction of sp³-hybridized carbons (Fsp3) is 0.286. The highest BCUT2D eigenvalue weighted by molar-refractivity contribution is 7.19. The van der Waals surface area contributed by atoms with Gasteiger partial charge in [-0.15, -0.1) is 0 Å². The van der Waals surface area contributed by atoms with Gasteiger partial charge in [0.25, 0.3) is 0 Å². The SMILES string of the molecule is Cc1nc(NC(=O)C2CCC(=O)c3cccn32)sc1-c1ccc(OCC(F)(F)F)cc1. The van der Waals surface area contributed by atoms with E-state index >= 15 is 0 Å². The topological polar surface area (TPSA) is 73.2 Å². The summed E-state index contributed by atoms with van der Waals surface area (Å²) in [6, 6.07) is 9.19. The van der Waals surface area contributed by atoms with E-state index in [2.05, 4.69) is 10.3 Å². The minimum absolute atomic E-state index is 0.0177. The Kier molecular flexibility index (Phi) is 5.57. The van der Waals surface area contributed by atoms with Crippen molar-refractivity contribution in [3.8, 4) is 16.2 Å². The van der Waals surface area contributed by atoms with E-state index in [1.54, 1.807) is 42.0 Å². The molecule has 162 valence electrons. The molecule has 31 heavy (non-hydrogen) atoms. The van der Waals surface area contributed by atoms with Gasteiger partial charge in [0.15, 0.2) is 17.5 Å². The molecule has 1 N–H and O–H groups in total. The molecule has 0 radical (unpaired) electrons. The van der Waals surface area contributed by atoms with Crippen LogP contribution in [0.5, 0.6) is 5.75 Å². The third-order valence-corrected chi connectivity index (χ3v) is 6.02. The lowest BCUT2D eigenvalue weighted by atomic mass is 10.0. The van der Waals surface area contributed by atoms with E-state index in [9.17, 15) is 22.8 Å². The predicted molar refractivity (Wildman–Crippen MR) is 110 cm³/mol. The number of Topliss-reactive ketones (excluding diaryl/α,β-unsaturated/α-hetero) is 1. The molecular formula is C21H18F3N3O3S. The molecule has 10 heteroatoms. The molecule has 1 aliphatic rings. The normalized spacial score (nSPS) is 16.1. The van der Waals surface area contributed by atoms with Gasteiger partial charge in [0.1, 0.15) is 11.8 Å². The van der Waals surface area contributed by atoms with Gasteiger partial charge in [0.05, 0.1) is 16.3 Å². The zero-order chi connectivity index (χ0) is 22.2. The molecule has 3 heterocycles. The van der Waals surface area contributed by atoms with E-state index in [-0.39, 0.29) is 17.4 Å². The smallest absolute Gasteiger partial charge is 0.422 e. The van der Waals surface area contributed by atoms with Crippen molar-refractivity contribution < 1.29 is 27.5 Å². The lowest BCUT2D eigenvalue weighted by Crippen LogP contribution is -2.31. The number of thiazole rings is 1. The summed E-state index contributed by atoms with van der Waals surface area (Å²) in [6.07, 6.45) is -1.94. The number of carbonyl (C=O) groups excluding carboxylic acids is 2. The molecule has 0 saturated carbocycles. The molecule has 0 bridgehead atoms. The van der Waals surface area contributed by atoms with E-state index in [4.69, 9.17) is 4.74 Å². The Morgan fingerprint density at radius 2 is 2.03 bits per heavy atom. The quantitative estimate of drug-likeness (QED) is 0.594. The number of nitrogens with one attached hydrogen (secondary N) is 1. The molecule has 1 atom stereocenters. The lowest BCUT2D eigenvalue weighted by Gasteiger charge is -2.24. The average molecular weight is 449 g/mol. The second-order valence-electron chi connectivity index (χ2n) is 7.13. The van der Waals surface area contributed by atoms with Crippen molar-refractivity contribution in [1.82, 2.24) is 9.55 Å². The summed E-state index contributed by atoms with van der Waals surface area (Å²) in [4.78, 5) is 30.0. The molecule has 6 nitrogen and oxygen atoms in total. The third-order valence-electron chi connectivity index (χ3n) is 4.89. The van der Waals surface area contributed by atoms with Crippen LogP contribution in [0.15, 0.2) is 42.6 Å². The summed E-state index contributed by atoms with van der Waals surface area (Å²) in [6.45, 7) is 0.441. The van der Waals surface area contributed by atoms with Crippen LogP contribution >= 0.6 is 11.3 Å². The van der Waals surface area contributed by atoms with Crippen LogP contribution in [-0.4, -0.2) is 34.0 Å². The molecule has 0 aliphatic carbocycles. The van der Waals surface area contributed by atoms with Crippen molar-refractivity contribution >= 4 is 28.2 Å². The van der Waals surface area contributed by atoms with Gasteiger partial charge in [-0.25, -0.2) is 4.98 Å². The minimum atomic E-state index is -4.40. The standard InChI is InChI=1S/C21H18F3N3O3S/c1-12-18(13-4-6-14(7-5-13)30-11-21(22,23)24)31-20(25-12)26-19(29)16-8-9-17(28)15-3-2-10-27(15)16/h2-7,10,16H,8-9,11H2,1H3,(H,25,26,29). The largest absolute Gasteiger partial charge is 0.484 e. The Morgan fingerprint density at radius 1 is 1.29 bits per heavy atom. The molecule has 1 unspecified atom stereocenters. The van der Waals surface area contributed by atoms with Gasteiger partial charge in [0, 0.05) is 12.6 Å². The van der Waals surface area contributed by atoms with Crippen molar-refractivity contribution in [3.63, 3.8) is 0 Å². The second kappa shape index (κ2) is 8.18. The maximum atomic E-state index is 12.8. The van der Waals surface area contributed by atoms with Crippen molar-refractivity contribution in [1.29, 1.82) is 0 Å². The molecule has 1 amide bonds. The number of halogens is 3. The highest BCUT2D eigenvalue weighted by Gasteiger charge is 2.30. The number of ether oxygens (including phenoxy) is 1. The number of benzene rings is 1. The number of alkyl halides is 3. The number of nitrogens with zero attached hydrogens (tertiary/aromatic N) is 2. The number of fused-ring (bicyclic) bond motifs is 1. The monoisotopic (exact) mass is 449 g/mol. The Labute approximate surface area is 179 Å². The number of hydrogen-bond donors (Lipinski definition) is 1. The van der Waals surface area contributed by atoms with Crippen LogP contribution in [0.2, 0.25) is 0 Å². The number of anilines is 1. The molecule has 1 aliphatic heterocycles. The van der Waals surface area contributed by atoms with Gasteiger partial charge in [-0.05, 0) is 55.3 Å². The molecular weight excluding hydrogens is 431 g/mol. The summed E-state index contributed by atoms with van der Waals surface area (Å²) in [5, 5.41) is 3.24. The molecule has 2 aromatic heterocycles. The number of carbonyl (C=O) groups is 2. The number of aryl methyl sites for hydroxylation is 1. The summed E-state index contributed by atoms with van der Waals surface area (Å²) >= 11 is 1.27.